The average Bonchev–Trinajstić information content (AvgIpc) is 3.04. The van der Waals surface area contributed by atoms with Crippen LogP contribution in [0, 0.1) is 0 Å². The van der Waals surface area contributed by atoms with Gasteiger partial charge < -0.3 is 15.0 Å². The Morgan fingerprint density at radius 3 is 2.58 bits per heavy atom. The highest BCUT2D eigenvalue weighted by Crippen LogP contribution is 2.29. The number of primary amides is 1. The molecule has 8 nitrogen and oxygen atoms in total. The van der Waals surface area contributed by atoms with Gasteiger partial charge >= 0.3 is 12.0 Å². The zero-order chi connectivity index (χ0) is 18.7. The standard InChI is InChI=1S/C18H15N3O5/c1-10(16(22)20-18(19)24)25-17(23)12-7-8-14-13(9-12)15(26-21-14)11-5-3-2-4-6-11/h2-10H,1H3,(H3,19,20,22,24)/t10-/m0/s1. The lowest BCUT2D eigenvalue weighted by Crippen LogP contribution is -2.42. The highest BCUT2D eigenvalue weighted by molar-refractivity contribution is 6.01. The van der Waals surface area contributed by atoms with Gasteiger partial charge in [0.1, 0.15) is 5.52 Å². The fourth-order valence-corrected chi connectivity index (χ4v) is 2.37. The van der Waals surface area contributed by atoms with Gasteiger partial charge in [-0.25, -0.2) is 9.59 Å². The molecular weight excluding hydrogens is 338 g/mol. The molecule has 8 heteroatoms. The number of hydrogen-bond acceptors (Lipinski definition) is 6. The van der Waals surface area contributed by atoms with Crippen LogP contribution < -0.4 is 11.1 Å². The minimum atomic E-state index is -1.18. The van der Waals surface area contributed by atoms with Gasteiger partial charge in [0.25, 0.3) is 5.91 Å². The van der Waals surface area contributed by atoms with E-state index in [1.54, 1.807) is 12.1 Å². The zero-order valence-corrected chi connectivity index (χ0v) is 13.8. The average molecular weight is 353 g/mol. The lowest BCUT2D eigenvalue weighted by Gasteiger charge is -2.11. The lowest BCUT2D eigenvalue weighted by molar-refractivity contribution is -0.127. The number of benzene rings is 2. The second-order valence-electron chi connectivity index (χ2n) is 5.51. The summed E-state index contributed by atoms with van der Waals surface area (Å²) in [5, 5.41) is 6.47. The van der Waals surface area contributed by atoms with E-state index in [9.17, 15) is 14.4 Å². The summed E-state index contributed by atoms with van der Waals surface area (Å²) in [5.41, 5.74) is 6.48. The van der Waals surface area contributed by atoms with Gasteiger partial charge in [-0.1, -0.05) is 35.5 Å². The van der Waals surface area contributed by atoms with Crippen LogP contribution >= 0.6 is 0 Å². The van der Waals surface area contributed by atoms with Crippen LogP contribution in [-0.2, 0) is 9.53 Å². The molecule has 0 aliphatic rings. The van der Waals surface area contributed by atoms with Crippen molar-refractivity contribution >= 4 is 28.8 Å². The van der Waals surface area contributed by atoms with Gasteiger partial charge in [-0.2, -0.15) is 0 Å². The van der Waals surface area contributed by atoms with Crippen molar-refractivity contribution in [1.82, 2.24) is 10.5 Å². The first-order valence-corrected chi connectivity index (χ1v) is 7.72. The number of nitrogens with zero attached hydrogens (tertiary/aromatic N) is 1. The Balaban J connectivity index is 1.85. The molecule has 0 aliphatic heterocycles. The molecular formula is C18H15N3O5. The molecule has 26 heavy (non-hydrogen) atoms. The molecule has 0 radical (unpaired) electrons. The van der Waals surface area contributed by atoms with E-state index in [0.717, 1.165) is 5.56 Å². The van der Waals surface area contributed by atoms with Gasteiger partial charge in [-0.3, -0.25) is 10.1 Å². The molecule has 1 aromatic heterocycles. The normalized spacial score (nSPS) is 11.7. The maximum Gasteiger partial charge on any atom is 0.338 e. The third-order valence-electron chi connectivity index (χ3n) is 3.65. The van der Waals surface area contributed by atoms with Crippen LogP contribution in [-0.4, -0.2) is 29.2 Å². The van der Waals surface area contributed by atoms with Crippen LogP contribution in [0.1, 0.15) is 17.3 Å². The number of carbonyl (C=O) groups excluding carboxylic acids is 3. The minimum Gasteiger partial charge on any atom is -0.449 e. The van der Waals surface area contributed by atoms with E-state index >= 15 is 0 Å². The van der Waals surface area contributed by atoms with Gasteiger partial charge in [0.15, 0.2) is 11.9 Å². The molecule has 0 unspecified atom stereocenters. The molecule has 3 aromatic rings. The van der Waals surface area contributed by atoms with E-state index in [-0.39, 0.29) is 5.56 Å². The number of nitrogens with one attached hydrogen (secondary N) is 1. The number of urea groups is 1. The van der Waals surface area contributed by atoms with Crippen LogP contribution in [0.15, 0.2) is 53.1 Å². The third-order valence-corrected chi connectivity index (χ3v) is 3.65. The summed E-state index contributed by atoms with van der Waals surface area (Å²) in [6.07, 6.45) is -1.18. The quantitative estimate of drug-likeness (QED) is 0.693. The van der Waals surface area contributed by atoms with E-state index in [2.05, 4.69) is 5.16 Å². The van der Waals surface area contributed by atoms with E-state index in [1.165, 1.54) is 13.0 Å². The first kappa shape index (κ1) is 17.2. The first-order valence-electron chi connectivity index (χ1n) is 7.72. The second-order valence-corrected chi connectivity index (χ2v) is 5.51. The number of esters is 1. The first-order chi connectivity index (χ1) is 12.5. The molecule has 1 heterocycles. The number of rotatable bonds is 4. The largest absolute Gasteiger partial charge is 0.449 e. The summed E-state index contributed by atoms with van der Waals surface area (Å²) >= 11 is 0. The Labute approximate surface area is 147 Å². The van der Waals surface area contributed by atoms with E-state index in [4.69, 9.17) is 15.0 Å². The number of imide groups is 1. The topological polar surface area (TPSA) is 125 Å². The number of aromatic nitrogens is 1. The van der Waals surface area contributed by atoms with Crippen LogP contribution in [0.2, 0.25) is 0 Å². The second kappa shape index (κ2) is 7.06. The van der Waals surface area contributed by atoms with Crippen LogP contribution in [0.3, 0.4) is 0 Å². The molecule has 0 aliphatic carbocycles. The third kappa shape index (κ3) is 3.54. The Morgan fingerprint density at radius 2 is 1.88 bits per heavy atom. The maximum absolute atomic E-state index is 12.3. The Morgan fingerprint density at radius 1 is 1.15 bits per heavy atom. The van der Waals surface area contributed by atoms with Crippen molar-refractivity contribution in [1.29, 1.82) is 0 Å². The molecule has 2 aromatic carbocycles. The monoisotopic (exact) mass is 353 g/mol. The maximum atomic E-state index is 12.3. The molecule has 0 saturated carbocycles. The molecule has 3 amide bonds. The summed E-state index contributed by atoms with van der Waals surface area (Å²) < 4.78 is 10.4. The molecule has 0 saturated heterocycles. The van der Waals surface area contributed by atoms with Gasteiger partial charge in [0.05, 0.1) is 10.9 Å². The molecule has 0 spiro atoms. The SMILES string of the molecule is C[C@H](OC(=O)c1ccc2noc(-c3ccccc3)c2c1)C(=O)NC(N)=O. The number of fused-ring (bicyclic) bond motifs is 1. The van der Waals surface area contributed by atoms with Crippen molar-refractivity contribution in [3.8, 4) is 11.3 Å². The number of ether oxygens (including phenoxy) is 1. The van der Waals surface area contributed by atoms with Crippen molar-refractivity contribution in [3.05, 3.63) is 54.1 Å². The number of hydrogen-bond donors (Lipinski definition) is 2. The molecule has 1 atom stereocenters. The van der Waals surface area contributed by atoms with Crippen molar-refractivity contribution in [2.75, 3.05) is 0 Å². The molecule has 132 valence electrons. The van der Waals surface area contributed by atoms with E-state index in [1.807, 2.05) is 35.6 Å². The fourth-order valence-electron chi connectivity index (χ4n) is 2.37. The van der Waals surface area contributed by atoms with E-state index < -0.39 is 24.0 Å². The summed E-state index contributed by atoms with van der Waals surface area (Å²) in [6, 6.07) is 13.0. The molecule has 0 fully saturated rings. The smallest absolute Gasteiger partial charge is 0.338 e. The lowest BCUT2D eigenvalue weighted by atomic mass is 10.1. The van der Waals surface area contributed by atoms with Crippen LogP contribution in [0.4, 0.5) is 4.79 Å². The molecule has 3 N–H and O–H groups in total. The van der Waals surface area contributed by atoms with Crippen LogP contribution in [0.25, 0.3) is 22.2 Å². The summed E-state index contributed by atoms with van der Waals surface area (Å²) in [6.45, 7) is 1.34. The van der Waals surface area contributed by atoms with Gasteiger partial charge in [-0.05, 0) is 25.1 Å². The van der Waals surface area contributed by atoms with Gasteiger partial charge in [0, 0.05) is 5.56 Å². The van der Waals surface area contributed by atoms with Gasteiger partial charge in [-0.15, -0.1) is 0 Å². The van der Waals surface area contributed by atoms with Gasteiger partial charge in [0.2, 0.25) is 0 Å². The Kier molecular flexibility index (Phi) is 4.66. The highest BCUT2D eigenvalue weighted by Gasteiger charge is 2.21. The number of amides is 3. The van der Waals surface area contributed by atoms with Crippen molar-refractivity contribution in [2.45, 2.75) is 13.0 Å². The zero-order valence-electron chi connectivity index (χ0n) is 13.8. The Hall–Kier alpha value is -3.68. The molecule has 0 bridgehead atoms. The summed E-state index contributed by atoms with van der Waals surface area (Å²) in [4.78, 5) is 34.6. The van der Waals surface area contributed by atoms with Crippen LogP contribution in [0.5, 0.6) is 0 Å². The highest BCUT2D eigenvalue weighted by atomic mass is 16.5. The molecule has 3 rings (SSSR count). The van der Waals surface area contributed by atoms with E-state index in [0.29, 0.717) is 16.7 Å². The predicted molar refractivity (Wildman–Crippen MR) is 92.0 cm³/mol. The summed E-state index contributed by atoms with van der Waals surface area (Å²) in [7, 11) is 0. The minimum absolute atomic E-state index is 0.219. The predicted octanol–water partition coefficient (Wildman–Crippen LogP) is 2.23. The van der Waals surface area contributed by atoms with Crippen molar-refractivity contribution in [3.63, 3.8) is 0 Å². The van der Waals surface area contributed by atoms with Crippen molar-refractivity contribution in [2.24, 2.45) is 5.73 Å². The number of nitrogens with two attached hydrogens (primary N) is 1. The summed E-state index contributed by atoms with van der Waals surface area (Å²) in [5.74, 6) is -1.00. The number of carbonyl (C=O) groups is 3. The van der Waals surface area contributed by atoms with Crippen molar-refractivity contribution < 1.29 is 23.6 Å². The fraction of sp³-hybridized carbons (Fsp3) is 0.111. The Bertz CT molecular complexity index is 981.